The molecule has 0 saturated heterocycles. The van der Waals surface area contributed by atoms with E-state index in [1.165, 1.54) is 6.08 Å². The highest BCUT2D eigenvalue weighted by Crippen LogP contribution is 2.22. The first kappa shape index (κ1) is 14.2. The first-order valence-electron chi connectivity index (χ1n) is 5.42. The maximum absolute atomic E-state index is 10.9. The minimum atomic E-state index is -0.0829. The molecule has 3 nitrogen and oxygen atoms in total. The standard InChI is InChI=1S/C12H24N2O/c1-6-11(15)13-9-7-8-12(2,3)10-14(4)5/h6H,1,7-10H2,2-5H3,(H,13,15). The third kappa shape index (κ3) is 8.18. The van der Waals surface area contributed by atoms with E-state index in [1.54, 1.807) is 0 Å². The molecule has 0 aliphatic carbocycles. The van der Waals surface area contributed by atoms with Gasteiger partial charge in [0, 0.05) is 13.1 Å². The predicted octanol–water partition coefficient (Wildman–Crippen LogP) is 1.66. The molecule has 0 unspecified atom stereocenters. The predicted molar refractivity (Wildman–Crippen MR) is 64.8 cm³/mol. The van der Waals surface area contributed by atoms with Gasteiger partial charge in [-0.05, 0) is 38.4 Å². The van der Waals surface area contributed by atoms with Crippen molar-refractivity contribution in [2.75, 3.05) is 27.2 Å². The van der Waals surface area contributed by atoms with Crippen molar-refractivity contribution in [3.8, 4) is 0 Å². The van der Waals surface area contributed by atoms with Crippen molar-refractivity contribution in [1.82, 2.24) is 10.2 Å². The summed E-state index contributed by atoms with van der Waals surface area (Å²) in [5.74, 6) is -0.0829. The van der Waals surface area contributed by atoms with Gasteiger partial charge in [-0.15, -0.1) is 0 Å². The average Bonchev–Trinajstić information content (AvgIpc) is 2.10. The Labute approximate surface area is 93.5 Å². The van der Waals surface area contributed by atoms with Gasteiger partial charge in [-0.25, -0.2) is 0 Å². The van der Waals surface area contributed by atoms with Crippen molar-refractivity contribution in [3.05, 3.63) is 12.7 Å². The van der Waals surface area contributed by atoms with Gasteiger partial charge >= 0.3 is 0 Å². The van der Waals surface area contributed by atoms with E-state index in [-0.39, 0.29) is 5.91 Å². The molecule has 0 bridgehead atoms. The first-order chi connectivity index (χ1) is 6.87. The molecular formula is C12H24N2O. The van der Waals surface area contributed by atoms with Crippen LogP contribution in [0, 0.1) is 5.41 Å². The van der Waals surface area contributed by atoms with Gasteiger partial charge in [-0.1, -0.05) is 20.4 Å². The number of nitrogens with one attached hydrogen (secondary N) is 1. The second kappa shape index (κ2) is 6.62. The molecule has 0 atom stereocenters. The smallest absolute Gasteiger partial charge is 0.243 e. The normalized spacial score (nSPS) is 11.5. The number of rotatable bonds is 7. The molecule has 1 N–H and O–H groups in total. The summed E-state index contributed by atoms with van der Waals surface area (Å²) >= 11 is 0. The molecule has 0 radical (unpaired) electrons. The quantitative estimate of drug-likeness (QED) is 0.514. The van der Waals surface area contributed by atoms with E-state index in [0.717, 1.165) is 25.9 Å². The molecule has 0 aromatic heterocycles. The highest BCUT2D eigenvalue weighted by Gasteiger charge is 2.17. The third-order valence-electron chi connectivity index (χ3n) is 2.26. The Morgan fingerprint density at radius 2 is 2.07 bits per heavy atom. The van der Waals surface area contributed by atoms with Crippen LogP contribution in [0.2, 0.25) is 0 Å². The molecule has 0 aromatic carbocycles. The molecule has 0 aromatic rings. The highest BCUT2D eigenvalue weighted by molar-refractivity contribution is 5.86. The molecule has 0 fully saturated rings. The topological polar surface area (TPSA) is 32.3 Å². The van der Waals surface area contributed by atoms with Crippen LogP contribution in [-0.4, -0.2) is 38.0 Å². The van der Waals surface area contributed by atoms with Crippen molar-refractivity contribution in [2.24, 2.45) is 5.41 Å². The number of carbonyl (C=O) groups excluding carboxylic acids is 1. The van der Waals surface area contributed by atoms with Crippen molar-refractivity contribution >= 4 is 5.91 Å². The molecule has 0 spiro atoms. The molecule has 88 valence electrons. The summed E-state index contributed by atoms with van der Waals surface area (Å²) in [6, 6.07) is 0. The lowest BCUT2D eigenvalue weighted by atomic mass is 9.87. The lowest BCUT2D eigenvalue weighted by Gasteiger charge is -2.28. The van der Waals surface area contributed by atoms with Gasteiger partial charge < -0.3 is 10.2 Å². The Bertz CT molecular complexity index is 210. The number of amides is 1. The van der Waals surface area contributed by atoms with Crippen LogP contribution in [0.15, 0.2) is 12.7 Å². The van der Waals surface area contributed by atoms with E-state index in [2.05, 4.69) is 44.7 Å². The summed E-state index contributed by atoms with van der Waals surface area (Å²) < 4.78 is 0. The number of carbonyl (C=O) groups is 1. The summed E-state index contributed by atoms with van der Waals surface area (Å²) in [6.45, 7) is 9.72. The largest absolute Gasteiger partial charge is 0.353 e. The van der Waals surface area contributed by atoms with E-state index in [1.807, 2.05) is 0 Å². The summed E-state index contributed by atoms with van der Waals surface area (Å²) in [6.07, 6.45) is 3.44. The summed E-state index contributed by atoms with van der Waals surface area (Å²) in [5, 5.41) is 2.79. The Hall–Kier alpha value is -0.830. The lowest BCUT2D eigenvalue weighted by Crippen LogP contribution is -2.30. The van der Waals surface area contributed by atoms with Gasteiger partial charge in [0.1, 0.15) is 0 Å². The molecule has 0 aliphatic rings. The molecule has 3 heteroatoms. The number of hydrogen-bond acceptors (Lipinski definition) is 2. The zero-order chi connectivity index (χ0) is 11.9. The Balaban J connectivity index is 3.65. The van der Waals surface area contributed by atoms with E-state index >= 15 is 0 Å². The van der Waals surface area contributed by atoms with E-state index in [4.69, 9.17) is 0 Å². The van der Waals surface area contributed by atoms with E-state index in [0.29, 0.717) is 5.41 Å². The van der Waals surface area contributed by atoms with Crippen LogP contribution >= 0.6 is 0 Å². The van der Waals surface area contributed by atoms with Crippen molar-refractivity contribution in [2.45, 2.75) is 26.7 Å². The van der Waals surface area contributed by atoms with Crippen LogP contribution in [0.5, 0.6) is 0 Å². The van der Waals surface area contributed by atoms with Crippen molar-refractivity contribution < 1.29 is 4.79 Å². The lowest BCUT2D eigenvalue weighted by molar-refractivity contribution is -0.116. The second-order valence-electron chi connectivity index (χ2n) is 5.00. The summed E-state index contributed by atoms with van der Waals surface area (Å²) in [7, 11) is 4.17. The second-order valence-corrected chi connectivity index (χ2v) is 5.00. The number of hydrogen-bond donors (Lipinski definition) is 1. The number of nitrogens with zero attached hydrogens (tertiary/aromatic N) is 1. The summed E-state index contributed by atoms with van der Waals surface area (Å²) in [5.41, 5.74) is 0.308. The molecule has 0 aliphatic heterocycles. The minimum Gasteiger partial charge on any atom is -0.353 e. The van der Waals surface area contributed by atoms with Crippen molar-refractivity contribution in [3.63, 3.8) is 0 Å². The van der Waals surface area contributed by atoms with Crippen LogP contribution < -0.4 is 5.32 Å². The van der Waals surface area contributed by atoms with Gasteiger partial charge in [0.2, 0.25) is 5.91 Å². The fourth-order valence-corrected chi connectivity index (χ4v) is 1.79. The van der Waals surface area contributed by atoms with Gasteiger partial charge in [-0.3, -0.25) is 4.79 Å². The Morgan fingerprint density at radius 1 is 1.47 bits per heavy atom. The van der Waals surface area contributed by atoms with Gasteiger partial charge in [-0.2, -0.15) is 0 Å². The SMILES string of the molecule is C=CC(=O)NCCCC(C)(C)CN(C)C. The van der Waals surface area contributed by atoms with Crippen LogP contribution in [0.25, 0.3) is 0 Å². The van der Waals surface area contributed by atoms with E-state index < -0.39 is 0 Å². The van der Waals surface area contributed by atoms with Crippen molar-refractivity contribution in [1.29, 1.82) is 0 Å². The summed E-state index contributed by atoms with van der Waals surface area (Å²) in [4.78, 5) is 13.1. The molecule has 1 amide bonds. The zero-order valence-electron chi connectivity index (χ0n) is 10.5. The average molecular weight is 212 g/mol. The fourth-order valence-electron chi connectivity index (χ4n) is 1.79. The first-order valence-corrected chi connectivity index (χ1v) is 5.42. The maximum atomic E-state index is 10.9. The van der Waals surface area contributed by atoms with Gasteiger partial charge in [0.15, 0.2) is 0 Å². The molecule has 0 rings (SSSR count). The minimum absolute atomic E-state index is 0.0829. The van der Waals surface area contributed by atoms with Crippen LogP contribution in [0.4, 0.5) is 0 Å². The van der Waals surface area contributed by atoms with Gasteiger partial charge in [0.05, 0.1) is 0 Å². The van der Waals surface area contributed by atoms with E-state index in [9.17, 15) is 4.79 Å². The maximum Gasteiger partial charge on any atom is 0.243 e. The molecule has 15 heavy (non-hydrogen) atoms. The molecule has 0 saturated carbocycles. The van der Waals surface area contributed by atoms with Crippen LogP contribution in [0.1, 0.15) is 26.7 Å². The van der Waals surface area contributed by atoms with Gasteiger partial charge in [0.25, 0.3) is 0 Å². The Morgan fingerprint density at radius 3 is 2.53 bits per heavy atom. The monoisotopic (exact) mass is 212 g/mol. The molecular weight excluding hydrogens is 188 g/mol. The highest BCUT2D eigenvalue weighted by atomic mass is 16.1. The Kier molecular flexibility index (Phi) is 6.25. The zero-order valence-corrected chi connectivity index (χ0v) is 10.5. The van der Waals surface area contributed by atoms with Crippen LogP contribution in [0.3, 0.4) is 0 Å². The third-order valence-corrected chi connectivity index (χ3v) is 2.26. The molecule has 0 heterocycles. The van der Waals surface area contributed by atoms with Crippen LogP contribution in [-0.2, 0) is 4.79 Å². The fraction of sp³-hybridized carbons (Fsp3) is 0.750.